The Hall–Kier alpha value is -3.27. The number of amides is 3. The van der Waals surface area contributed by atoms with E-state index in [1.165, 1.54) is 12.1 Å². The molecule has 0 saturated carbocycles. The first-order valence-corrected chi connectivity index (χ1v) is 11.5. The summed E-state index contributed by atoms with van der Waals surface area (Å²) in [5.41, 5.74) is 3.49. The molecule has 5 N–H and O–H groups in total. The van der Waals surface area contributed by atoms with Gasteiger partial charge in [0, 0.05) is 6.54 Å². The molecule has 2 rings (SSSR count). The molecule has 7 nitrogen and oxygen atoms in total. The Labute approximate surface area is 206 Å². The second-order valence-corrected chi connectivity index (χ2v) is 7.18. The van der Waals surface area contributed by atoms with Gasteiger partial charge in [0.25, 0.3) is 5.91 Å². The molecular formula is C25H39F3N4O3. The zero-order valence-electron chi connectivity index (χ0n) is 21.8. The summed E-state index contributed by atoms with van der Waals surface area (Å²) in [5, 5.41) is 13.2. The first-order chi connectivity index (χ1) is 16.6. The Morgan fingerprint density at radius 1 is 0.914 bits per heavy atom. The number of aliphatic hydroxyl groups is 1. The minimum absolute atomic E-state index is 0.0492. The van der Waals surface area contributed by atoms with Crippen molar-refractivity contribution in [2.24, 2.45) is 5.92 Å². The highest BCUT2D eigenvalue weighted by Crippen LogP contribution is 2.28. The van der Waals surface area contributed by atoms with Crippen LogP contribution >= 0.6 is 0 Å². The van der Waals surface area contributed by atoms with Crippen LogP contribution in [-0.4, -0.2) is 30.2 Å². The van der Waals surface area contributed by atoms with Crippen molar-refractivity contribution in [1.82, 2.24) is 16.2 Å². The van der Waals surface area contributed by atoms with Gasteiger partial charge in [0.2, 0.25) is 0 Å². The van der Waals surface area contributed by atoms with Crippen molar-refractivity contribution in [3.63, 3.8) is 0 Å². The number of halogens is 3. The number of aryl methyl sites for hydroxylation is 1. The van der Waals surface area contributed by atoms with Crippen LogP contribution in [0.2, 0.25) is 0 Å². The normalized spacial score (nSPS) is 9.29. The highest BCUT2D eigenvalue weighted by molar-refractivity contribution is 6.01. The Morgan fingerprint density at radius 3 is 2.00 bits per heavy atom. The molecule has 0 aliphatic carbocycles. The van der Waals surface area contributed by atoms with Crippen LogP contribution in [0.4, 0.5) is 29.3 Å². The van der Waals surface area contributed by atoms with Crippen molar-refractivity contribution in [1.29, 1.82) is 0 Å². The predicted octanol–water partition coefficient (Wildman–Crippen LogP) is 5.81. The number of hydrogen-bond donors (Lipinski definition) is 5. The lowest BCUT2D eigenvalue weighted by Gasteiger charge is -2.15. The summed E-state index contributed by atoms with van der Waals surface area (Å²) in [6.45, 7) is 15.8. The molecular weight excluding hydrogens is 461 g/mol. The van der Waals surface area contributed by atoms with Gasteiger partial charge in [-0.15, -0.1) is 0 Å². The second-order valence-electron chi connectivity index (χ2n) is 7.18. The van der Waals surface area contributed by atoms with E-state index in [2.05, 4.69) is 31.4 Å². The third-order valence-electron chi connectivity index (χ3n) is 3.41. The molecule has 0 unspecified atom stereocenters. The Morgan fingerprint density at radius 2 is 1.49 bits per heavy atom. The van der Waals surface area contributed by atoms with Crippen LogP contribution in [0.3, 0.4) is 0 Å². The zero-order chi connectivity index (χ0) is 27.6. The average molecular weight is 501 g/mol. The molecule has 10 heteroatoms. The Kier molecular flexibility index (Phi) is 18.5. The number of nitrogens with one attached hydrogen (secondary N) is 4. The van der Waals surface area contributed by atoms with Gasteiger partial charge in [-0.2, -0.15) is 0 Å². The van der Waals surface area contributed by atoms with E-state index in [9.17, 15) is 22.8 Å². The molecule has 0 radical (unpaired) electrons. The molecule has 0 heterocycles. The molecule has 198 valence electrons. The molecule has 0 bridgehead atoms. The smallest absolute Gasteiger partial charge is 0.333 e. The van der Waals surface area contributed by atoms with E-state index >= 15 is 0 Å². The van der Waals surface area contributed by atoms with Crippen molar-refractivity contribution in [2.45, 2.75) is 55.4 Å². The standard InChI is InChI=1S/C17H17F3N4O3.C4H10.2C2H6/c1-9-2-5-13(12(19)8-9)22-15-10(3-4-11(18)14(15)20)16(26)23-24-17(27)21-6-7-25;1-4(2)3;2*1-2/h2-5,8,22,25H,6-7H2,1H3,(H,23,26)(H2,21,24,27);4H,1-3H3;2*1-2H3. The quantitative estimate of drug-likeness (QED) is 0.335. The maximum atomic E-state index is 14.2. The van der Waals surface area contributed by atoms with Crippen LogP contribution in [0, 0.1) is 30.3 Å². The summed E-state index contributed by atoms with van der Waals surface area (Å²) in [4.78, 5) is 23.6. The fourth-order valence-electron chi connectivity index (χ4n) is 2.11. The first kappa shape index (κ1) is 33.9. The molecule has 0 aliphatic rings. The van der Waals surface area contributed by atoms with E-state index in [-0.39, 0.29) is 24.4 Å². The van der Waals surface area contributed by atoms with Gasteiger partial charge in [-0.05, 0) is 42.7 Å². The molecule has 0 aliphatic heterocycles. The van der Waals surface area contributed by atoms with Gasteiger partial charge in [0.05, 0.1) is 23.5 Å². The van der Waals surface area contributed by atoms with Crippen LogP contribution in [0.25, 0.3) is 0 Å². The number of carbonyl (C=O) groups excluding carboxylic acids is 2. The van der Waals surface area contributed by atoms with Crippen molar-refractivity contribution in [3.05, 3.63) is 58.9 Å². The summed E-state index contributed by atoms with van der Waals surface area (Å²) < 4.78 is 41.8. The van der Waals surface area contributed by atoms with Crippen LogP contribution in [0.15, 0.2) is 30.3 Å². The topological polar surface area (TPSA) is 102 Å². The van der Waals surface area contributed by atoms with Gasteiger partial charge in [-0.1, -0.05) is 54.5 Å². The fourth-order valence-corrected chi connectivity index (χ4v) is 2.11. The van der Waals surface area contributed by atoms with Crippen LogP contribution in [0.1, 0.15) is 64.4 Å². The van der Waals surface area contributed by atoms with Crippen LogP contribution in [-0.2, 0) is 0 Å². The van der Waals surface area contributed by atoms with Crippen LogP contribution in [0.5, 0.6) is 0 Å². The second kappa shape index (κ2) is 19.1. The predicted molar refractivity (Wildman–Crippen MR) is 135 cm³/mol. The van der Waals surface area contributed by atoms with Gasteiger partial charge in [0.1, 0.15) is 5.82 Å². The zero-order valence-corrected chi connectivity index (χ0v) is 21.8. The molecule has 3 amide bonds. The number of hydrogen-bond acceptors (Lipinski definition) is 4. The van der Waals surface area contributed by atoms with Gasteiger partial charge in [0.15, 0.2) is 11.6 Å². The Balaban J connectivity index is 0. The van der Waals surface area contributed by atoms with Gasteiger partial charge < -0.3 is 15.7 Å². The molecule has 2 aromatic rings. The third-order valence-corrected chi connectivity index (χ3v) is 3.41. The molecule has 35 heavy (non-hydrogen) atoms. The number of carbonyl (C=O) groups is 2. The average Bonchev–Trinajstić information content (AvgIpc) is 2.83. The van der Waals surface area contributed by atoms with Crippen LogP contribution < -0.4 is 21.5 Å². The maximum Gasteiger partial charge on any atom is 0.333 e. The molecule has 0 atom stereocenters. The summed E-state index contributed by atoms with van der Waals surface area (Å²) in [6.07, 6.45) is 0. The lowest BCUT2D eigenvalue weighted by molar-refractivity contribution is 0.0936. The lowest BCUT2D eigenvalue weighted by atomic mass is 10.1. The monoisotopic (exact) mass is 500 g/mol. The van der Waals surface area contributed by atoms with E-state index < -0.39 is 35.1 Å². The highest BCUT2D eigenvalue weighted by atomic mass is 19.2. The van der Waals surface area contributed by atoms with E-state index in [1.54, 1.807) is 13.0 Å². The summed E-state index contributed by atoms with van der Waals surface area (Å²) >= 11 is 0. The number of rotatable bonds is 5. The SMILES string of the molecule is CC.CC.CC(C)C.Cc1ccc(Nc2c(C(=O)NNC(=O)NCCO)ccc(F)c2F)c(F)c1. The van der Waals surface area contributed by atoms with E-state index in [4.69, 9.17) is 5.11 Å². The van der Waals surface area contributed by atoms with Crippen molar-refractivity contribution < 1.29 is 27.9 Å². The van der Waals surface area contributed by atoms with Crippen molar-refractivity contribution in [3.8, 4) is 0 Å². The molecule has 0 saturated heterocycles. The van der Waals surface area contributed by atoms with Crippen molar-refractivity contribution >= 4 is 23.3 Å². The van der Waals surface area contributed by atoms with E-state index in [0.29, 0.717) is 5.56 Å². The summed E-state index contributed by atoms with van der Waals surface area (Å²) in [7, 11) is 0. The number of benzene rings is 2. The van der Waals surface area contributed by atoms with E-state index in [1.807, 2.05) is 38.5 Å². The number of aliphatic hydroxyl groups excluding tert-OH is 1. The van der Waals surface area contributed by atoms with Gasteiger partial charge in [-0.25, -0.2) is 23.4 Å². The lowest BCUT2D eigenvalue weighted by Crippen LogP contribution is -2.47. The van der Waals surface area contributed by atoms with Gasteiger partial charge >= 0.3 is 6.03 Å². The minimum Gasteiger partial charge on any atom is -0.395 e. The van der Waals surface area contributed by atoms with Crippen molar-refractivity contribution in [2.75, 3.05) is 18.5 Å². The fraction of sp³-hybridized carbons (Fsp3) is 0.440. The molecule has 0 fully saturated rings. The van der Waals surface area contributed by atoms with E-state index in [0.717, 1.165) is 18.1 Å². The molecule has 0 aromatic heterocycles. The number of urea groups is 1. The molecule has 2 aromatic carbocycles. The van der Waals surface area contributed by atoms with Gasteiger partial charge in [-0.3, -0.25) is 10.2 Å². The third kappa shape index (κ3) is 13.3. The number of anilines is 2. The summed E-state index contributed by atoms with van der Waals surface area (Å²) in [6, 6.07) is 4.94. The minimum atomic E-state index is -1.38. The number of hydrazine groups is 1. The largest absolute Gasteiger partial charge is 0.395 e. The Bertz CT molecular complexity index is 907. The maximum absolute atomic E-state index is 14.2. The molecule has 0 spiro atoms. The summed E-state index contributed by atoms with van der Waals surface area (Å²) in [5.74, 6) is -3.47. The first-order valence-electron chi connectivity index (χ1n) is 11.5. The highest BCUT2D eigenvalue weighted by Gasteiger charge is 2.20.